The van der Waals surface area contributed by atoms with Gasteiger partial charge in [0.15, 0.2) is 0 Å². The lowest BCUT2D eigenvalue weighted by molar-refractivity contribution is -0.384. The topological polar surface area (TPSA) is 130 Å². The molecule has 0 radical (unpaired) electrons. The van der Waals surface area contributed by atoms with Crippen LogP contribution in [-0.4, -0.2) is 39.5 Å². The number of anilines is 2. The fraction of sp³-hybridized carbons (Fsp3) is 0.185. The summed E-state index contributed by atoms with van der Waals surface area (Å²) in [4.78, 5) is 64.7. The highest BCUT2D eigenvalue weighted by molar-refractivity contribution is 6.23. The van der Waals surface area contributed by atoms with Crippen molar-refractivity contribution in [3.63, 3.8) is 0 Å². The number of amides is 4. The van der Waals surface area contributed by atoms with Gasteiger partial charge in [0.2, 0.25) is 11.8 Å². The van der Waals surface area contributed by atoms with E-state index in [-0.39, 0.29) is 23.6 Å². The number of non-ortho nitro benzene ring substituents is 1. The Morgan fingerprint density at radius 3 is 2.32 bits per heavy atom. The summed E-state index contributed by atoms with van der Waals surface area (Å²) in [5.74, 6) is -1.93. The Bertz CT molecular complexity index is 1370. The van der Waals surface area contributed by atoms with Gasteiger partial charge >= 0.3 is 0 Å². The molecule has 3 aromatic rings. The first kappa shape index (κ1) is 25.2. The lowest BCUT2D eigenvalue weighted by Crippen LogP contribution is -2.46. The smallest absolute Gasteiger partial charge is 0.270 e. The van der Waals surface area contributed by atoms with Crippen LogP contribution < -0.4 is 10.2 Å². The van der Waals surface area contributed by atoms with Gasteiger partial charge in [-0.25, -0.2) is 4.90 Å². The molecule has 4 amide bonds. The molecule has 0 spiro atoms. The largest absolute Gasteiger partial charge is 0.326 e. The number of nitro benzene ring substituents is 1. The zero-order valence-electron chi connectivity index (χ0n) is 20.2. The van der Waals surface area contributed by atoms with E-state index in [1.54, 1.807) is 43.3 Å². The van der Waals surface area contributed by atoms with Crippen LogP contribution in [0.25, 0.3) is 0 Å². The van der Waals surface area contributed by atoms with Crippen LogP contribution >= 0.6 is 0 Å². The Balaban J connectivity index is 1.71. The number of benzene rings is 3. The molecule has 1 heterocycles. The second kappa shape index (κ2) is 10.4. The minimum Gasteiger partial charge on any atom is -0.326 e. The van der Waals surface area contributed by atoms with Gasteiger partial charge in [0.05, 0.1) is 23.1 Å². The van der Waals surface area contributed by atoms with Gasteiger partial charge in [-0.05, 0) is 42.8 Å². The molecule has 188 valence electrons. The van der Waals surface area contributed by atoms with Crippen LogP contribution in [0.15, 0.2) is 78.9 Å². The van der Waals surface area contributed by atoms with E-state index < -0.39 is 34.7 Å². The van der Waals surface area contributed by atoms with E-state index in [2.05, 4.69) is 5.32 Å². The molecule has 10 nitrogen and oxygen atoms in total. The average Bonchev–Trinajstić information content (AvgIpc) is 3.18. The Kier molecular flexibility index (Phi) is 7.10. The van der Waals surface area contributed by atoms with Crippen molar-refractivity contribution in [1.29, 1.82) is 0 Å². The van der Waals surface area contributed by atoms with Crippen molar-refractivity contribution in [2.75, 3.05) is 10.2 Å². The molecule has 1 fully saturated rings. The van der Waals surface area contributed by atoms with E-state index >= 15 is 0 Å². The number of nitrogens with one attached hydrogen (secondary N) is 1. The predicted octanol–water partition coefficient (Wildman–Crippen LogP) is 4.09. The van der Waals surface area contributed by atoms with E-state index in [4.69, 9.17) is 0 Å². The van der Waals surface area contributed by atoms with Crippen molar-refractivity contribution in [3.05, 3.63) is 100 Å². The third-order valence-corrected chi connectivity index (χ3v) is 6.14. The SMILES string of the molecule is CC(=O)Nc1ccc(N2C(=O)CC(N(C(=O)c3cccc([N+](=O)[O-])c3)C(C)c3ccccc3)C2=O)cc1. The van der Waals surface area contributed by atoms with Crippen LogP contribution in [-0.2, 0) is 14.4 Å². The maximum absolute atomic E-state index is 13.7. The molecule has 0 aliphatic carbocycles. The number of hydrogen-bond donors (Lipinski definition) is 1. The van der Waals surface area contributed by atoms with Gasteiger partial charge < -0.3 is 10.2 Å². The van der Waals surface area contributed by atoms with Gasteiger partial charge in [0, 0.05) is 30.3 Å². The van der Waals surface area contributed by atoms with Gasteiger partial charge in [-0.2, -0.15) is 0 Å². The Morgan fingerprint density at radius 2 is 1.70 bits per heavy atom. The van der Waals surface area contributed by atoms with E-state index in [0.29, 0.717) is 11.4 Å². The maximum Gasteiger partial charge on any atom is 0.270 e. The van der Waals surface area contributed by atoms with Crippen LogP contribution in [0.2, 0.25) is 0 Å². The normalized spacial score (nSPS) is 15.8. The Labute approximate surface area is 212 Å². The second-order valence-electron chi connectivity index (χ2n) is 8.62. The molecule has 4 rings (SSSR count). The van der Waals surface area contributed by atoms with Gasteiger partial charge in [0.25, 0.3) is 17.5 Å². The minimum atomic E-state index is -1.12. The van der Waals surface area contributed by atoms with Gasteiger partial charge in [-0.15, -0.1) is 0 Å². The van der Waals surface area contributed by atoms with E-state index in [1.165, 1.54) is 42.2 Å². The molecule has 1 N–H and O–H groups in total. The summed E-state index contributed by atoms with van der Waals surface area (Å²) in [6.45, 7) is 3.11. The Morgan fingerprint density at radius 1 is 1.03 bits per heavy atom. The highest BCUT2D eigenvalue weighted by atomic mass is 16.6. The summed E-state index contributed by atoms with van der Waals surface area (Å²) in [5, 5.41) is 13.9. The summed E-state index contributed by atoms with van der Waals surface area (Å²) < 4.78 is 0. The van der Waals surface area contributed by atoms with Crippen LogP contribution in [0.3, 0.4) is 0 Å². The van der Waals surface area contributed by atoms with Crippen molar-refractivity contribution >= 4 is 40.7 Å². The number of carbonyl (C=O) groups excluding carboxylic acids is 4. The van der Waals surface area contributed by atoms with Gasteiger partial charge in [-0.1, -0.05) is 36.4 Å². The van der Waals surface area contributed by atoms with Crippen LogP contribution in [0, 0.1) is 10.1 Å². The molecule has 3 aromatic carbocycles. The summed E-state index contributed by atoms with van der Waals surface area (Å²) in [6, 6.07) is 18.8. The molecule has 0 saturated carbocycles. The molecule has 2 atom stereocenters. The van der Waals surface area contributed by atoms with Crippen LogP contribution in [0.5, 0.6) is 0 Å². The first-order chi connectivity index (χ1) is 17.7. The number of rotatable bonds is 7. The first-order valence-electron chi connectivity index (χ1n) is 11.5. The molecular formula is C27H24N4O6. The molecule has 0 aromatic heterocycles. The van der Waals surface area contributed by atoms with Crippen molar-refractivity contribution < 1.29 is 24.1 Å². The highest BCUT2D eigenvalue weighted by Crippen LogP contribution is 2.33. The summed E-state index contributed by atoms with van der Waals surface area (Å²) in [6.07, 6.45) is -0.246. The van der Waals surface area contributed by atoms with Crippen LogP contribution in [0.1, 0.15) is 42.2 Å². The average molecular weight is 501 g/mol. The minimum absolute atomic E-state index is 0.0374. The maximum atomic E-state index is 13.7. The molecule has 2 unspecified atom stereocenters. The molecule has 0 bridgehead atoms. The Hall–Kier alpha value is -4.86. The molecule has 10 heteroatoms. The van der Waals surface area contributed by atoms with Gasteiger partial charge in [0.1, 0.15) is 6.04 Å². The van der Waals surface area contributed by atoms with Crippen molar-refractivity contribution in [1.82, 2.24) is 4.90 Å². The quantitative estimate of drug-likeness (QED) is 0.295. The summed E-state index contributed by atoms with van der Waals surface area (Å²) in [5.41, 5.74) is 1.33. The number of hydrogen-bond acceptors (Lipinski definition) is 6. The van der Waals surface area contributed by atoms with E-state index in [1.807, 2.05) is 6.07 Å². The molecule has 37 heavy (non-hydrogen) atoms. The third kappa shape index (κ3) is 5.22. The van der Waals surface area contributed by atoms with Crippen molar-refractivity contribution in [3.8, 4) is 0 Å². The van der Waals surface area contributed by atoms with Crippen molar-refractivity contribution in [2.45, 2.75) is 32.4 Å². The molecule has 1 aliphatic rings. The third-order valence-electron chi connectivity index (χ3n) is 6.14. The van der Waals surface area contributed by atoms with Crippen LogP contribution in [0.4, 0.5) is 17.1 Å². The summed E-state index contributed by atoms with van der Waals surface area (Å²) in [7, 11) is 0. The fourth-order valence-corrected chi connectivity index (χ4v) is 4.38. The number of nitro groups is 1. The van der Waals surface area contributed by atoms with Gasteiger partial charge in [-0.3, -0.25) is 29.3 Å². The lowest BCUT2D eigenvalue weighted by Gasteiger charge is -2.33. The van der Waals surface area contributed by atoms with E-state index in [9.17, 15) is 29.3 Å². The monoisotopic (exact) mass is 500 g/mol. The highest BCUT2D eigenvalue weighted by Gasteiger charge is 2.46. The standard InChI is InChI=1S/C27H24N4O6/c1-17(19-7-4-3-5-8-19)29(26(34)20-9-6-10-23(15-20)31(36)37)24-16-25(33)30(27(24)35)22-13-11-21(12-14-22)28-18(2)32/h3-15,17,24H,16H2,1-2H3,(H,28,32). The number of carbonyl (C=O) groups is 4. The van der Waals surface area contributed by atoms with Crippen molar-refractivity contribution in [2.24, 2.45) is 0 Å². The number of nitrogens with zero attached hydrogens (tertiary/aromatic N) is 3. The fourth-order valence-electron chi connectivity index (χ4n) is 4.38. The predicted molar refractivity (Wildman–Crippen MR) is 136 cm³/mol. The first-order valence-corrected chi connectivity index (χ1v) is 11.5. The zero-order valence-corrected chi connectivity index (χ0v) is 20.2. The lowest BCUT2D eigenvalue weighted by atomic mass is 10.0. The zero-order chi connectivity index (χ0) is 26.7. The molecule has 1 saturated heterocycles. The molecule has 1 aliphatic heterocycles. The molecular weight excluding hydrogens is 476 g/mol. The number of imide groups is 1. The van der Waals surface area contributed by atoms with E-state index in [0.717, 1.165) is 16.5 Å². The summed E-state index contributed by atoms with van der Waals surface area (Å²) >= 11 is 0. The second-order valence-corrected chi connectivity index (χ2v) is 8.62.